The first-order valence-electron chi connectivity index (χ1n) is 13.5. The number of amides is 3. The van der Waals surface area contributed by atoms with Gasteiger partial charge in [-0.1, -0.05) is 36.4 Å². The van der Waals surface area contributed by atoms with E-state index in [2.05, 4.69) is 36.0 Å². The number of fused-ring (bicyclic) bond motifs is 2. The summed E-state index contributed by atoms with van der Waals surface area (Å²) in [5.74, 6) is -0.0532. The van der Waals surface area contributed by atoms with Crippen LogP contribution in [-0.4, -0.2) is 62.8 Å². The van der Waals surface area contributed by atoms with Gasteiger partial charge in [-0.15, -0.1) is 5.10 Å². The summed E-state index contributed by atoms with van der Waals surface area (Å²) >= 11 is 0. The zero-order chi connectivity index (χ0) is 29.1. The van der Waals surface area contributed by atoms with Crippen molar-refractivity contribution in [3.8, 4) is 5.75 Å². The van der Waals surface area contributed by atoms with E-state index < -0.39 is 11.9 Å². The number of aromatic amines is 2. The normalized spacial score (nSPS) is 14.6. The zero-order valence-corrected chi connectivity index (χ0v) is 22.8. The van der Waals surface area contributed by atoms with Gasteiger partial charge in [0.1, 0.15) is 24.2 Å². The largest absolute Gasteiger partial charge is 0.489 e. The number of nitrogens with one attached hydrogen (secondary N) is 4. The van der Waals surface area contributed by atoms with E-state index in [4.69, 9.17) is 4.74 Å². The molecule has 1 aliphatic heterocycles. The molecule has 0 bridgehead atoms. The van der Waals surface area contributed by atoms with Crippen LogP contribution in [0, 0.1) is 0 Å². The van der Waals surface area contributed by atoms with E-state index >= 15 is 0 Å². The van der Waals surface area contributed by atoms with E-state index in [9.17, 15) is 14.4 Å². The van der Waals surface area contributed by atoms with Crippen molar-refractivity contribution in [2.45, 2.75) is 25.3 Å². The Balaban J connectivity index is 1.06. The molecule has 1 unspecified atom stereocenters. The number of anilines is 2. The van der Waals surface area contributed by atoms with E-state index in [-0.39, 0.29) is 30.7 Å². The number of hydrogen-bond donors (Lipinski definition) is 4. The molecule has 42 heavy (non-hydrogen) atoms. The van der Waals surface area contributed by atoms with Gasteiger partial charge < -0.3 is 20.3 Å². The lowest BCUT2D eigenvalue weighted by Crippen LogP contribution is -2.49. The van der Waals surface area contributed by atoms with Gasteiger partial charge in [0.2, 0.25) is 11.7 Å². The van der Waals surface area contributed by atoms with Gasteiger partial charge in [-0.3, -0.25) is 24.6 Å². The zero-order valence-electron chi connectivity index (χ0n) is 22.8. The van der Waals surface area contributed by atoms with Crippen molar-refractivity contribution in [3.05, 3.63) is 95.7 Å². The Labute approximate surface area is 240 Å². The van der Waals surface area contributed by atoms with Crippen molar-refractivity contribution in [2.24, 2.45) is 0 Å². The fourth-order valence-corrected chi connectivity index (χ4v) is 4.79. The van der Waals surface area contributed by atoms with Crippen LogP contribution in [0.25, 0.3) is 10.9 Å². The second-order valence-electron chi connectivity index (χ2n) is 10.0. The summed E-state index contributed by atoms with van der Waals surface area (Å²) in [6.07, 6.45) is 2.91. The van der Waals surface area contributed by atoms with Gasteiger partial charge in [0.25, 0.3) is 11.8 Å². The number of benzene rings is 3. The molecule has 12 nitrogen and oxygen atoms in total. The molecule has 1 atom stereocenters. The molecule has 0 fully saturated rings. The van der Waals surface area contributed by atoms with Crippen LogP contribution in [0.3, 0.4) is 0 Å². The van der Waals surface area contributed by atoms with E-state index in [0.29, 0.717) is 35.8 Å². The Kier molecular flexibility index (Phi) is 7.33. The van der Waals surface area contributed by atoms with Gasteiger partial charge in [-0.25, -0.2) is 4.98 Å². The fourth-order valence-electron chi connectivity index (χ4n) is 4.79. The second-order valence-corrected chi connectivity index (χ2v) is 10.0. The lowest BCUT2D eigenvalue weighted by atomic mass is 10.1. The molecule has 3 heterocycles. The van der Waals surface area contributed by atoms with Crippen LogP contribution < -0.4 is 20.3 Å². The van der Waals surface area contributed by atoms with Gasteiger partial charge in [0, 0.05) is 31.0 Å². The first-order valence-corrected chi connectivity index (χ1v) is 13.5. The molecule has 12 heteroatoms. The number of H-pyrrole nitrogens is 2. The number of nitrogens with zero attached hydrogens (tertiary/aromatic N) is 4. The molecule has 0 radical (unpaired) electrons. The lowest BCUT2D eigenvalue weighted by Gasteiger charge is -2.20. The fraction of sp³-hybridized carbons (Fsp3) is 0.200. The maximum absolute atomic E-state index is 13.3. The van der Waals surface area contributed by atoms with E-state index in [1.807, 2.05) is 60.7 Å². The number of likely N-dealkylation sites (N-methyl/N-ethyl adjacent to an activating group) is 1. The van der Waals surface area contributed by atoms with Crippen molar-refractivity contribution >= 4 is 40.0 Å². The van der Waals surface area contributed by atoms with Crippen LogP contribution in [0.5, 0.6) is 5.75 Å². The van der Waals surface area contributed by atoms with Crippen molar-refractivity contribution in [3.63, 3.8) is 0 Å². The highest BCUT2D eigenvalue weighted by atomic mass is 16.5. The molecular formula is C30H28N8O4. The highest BCUT2D eigenvalue weighted by Crippen LogP contribution is 2.32. The van der Waals surface area contributed by atoms with Crippen LogP contribution in [0.15, 0.2) is 72.9 Å². The topological polar surface area (TPSA) is 158 Å². The minimum Gasteiger partial charge on any atom is -0.489 e. The van der Waals surface area contributed by atoms with Crippen molar-refractivity contribution in [2.75, 3.05) is 23.9 Å². The summed E-state index contributed by atoms with van der Waals surface area (Å²) in [5, 5.41) is 20.2. The summed E-state index contributed by atoms with van der Waals surface area (Å²) in [5.41, 5.74) is 4.04. The summed E-state index contributed by atoms with van der Waals surface area (Å²) in [7, 11) is 1.63. The van der Waals surface area contributed by atoms with Crippen molar-refractivity contribution in [1.82, 2.24) is 30.7 Å². The third-order valence-corrected chi connectivity index (χ3v) is 7.04. The quantitative estimate of drug-likeness (QED) is 0.226. The minimum absolute atomic E-state index is 0.0496. The number of ether oxygens (including phenoxy) is 1. The molecule has 212 valence electrons. The van der Waals surface area contributed by atoms with Crippen LogP contribution in [0.4, 0.5) is 11.4 Å². The molecule has 2 aromatic heterocycles. The average Bonchev–Trinajstić information content (AvgIpc) is 3.65. The minimum atomic E-state index is -0.937. The van der Waals surface area contributed by atoms with Crippen LogP contribution in [-0.2, 0) is 22.4 Å². The van der Waals surface area contributed by atoms with Gasteiger partial charge in [-0.2, -0.15) is 5.10 Å². The van der Waals surface area contributed by atoms with Gasteiger partial charge >= 0.3 is 0 Å². The first-order chi connectivity index (χ1) is 20.4. The van der Waals surface area contributed by atoms with Crippen molar-refractivity contribution < 1.29 is 19.1 Å². The van der Waals surface area contributed by atoms with Crippen molar-refractivity contribution in [1.29, 1.82) is 0 Å². The van der Waals surface area contributed by atoms with Gasteiger partial charge in [0.15, 0.2) is 0 Å². The molecule has 0 spiro atoms. The van der Waals surface area contributed by atoms with E-state index in [1.165, 1.54) is 4.90 Å². The van der Waals surface area contributed by atoms with E-state index in [0.717, 1.165) is 22.0 Å². The average molecular weight is 565 g/mol. The Bertz CT molecular complexity index is 1760. The predicted octanol–water partition coefficient (Wildman–Crippen LogP) is 3.00. The molecule has 5 aromatic rings. The maximum atomic E-state index is 13.3. The lowest BCUT2D eigenvalue weighted by molar-refractivity contribution is -0.120. The van der Waals surface area contributed by atoms with Gasteiger partial charge in [-0.05, 0) is 47.9 Å². The number of carbonyl (C=O) groups is 3. The van der Waals surface area contributed by atoms with Crippen LogP contribution in [0.2, 0.25) is 0 Å². The summed E-state index contributed by atoms with van der Waals surface area (Å²) in [6, 6.07) is 19.8. The number of aromatic nitrogens is 5. The summed E-state index contributed by atoms with van der Waals surface area (Å²) < 4.78 is 5.90. The van der Waals surface area contributed by atoms with Crippen LogP contribution in [0.1, 0.15) is 34.0 Å². The first kappa shape index (κ1) is 26.7. The molecule has 0 saturated heterocycles. The molecule has 0 saturated carbocycles. The molecule has 1 aliphatic rings. The van der Waals surface area contributed by atoms with Gasteiger partial charge in [0.05, 0.1) is 17.4 Å². The third-order valence-electron chi connectivity index (χ3n) is 7.04. The second kappa shape index (κ2) is 11.5. The Morgan fingerprint density at radius 1 is 1.05 bits per heavy atom. The molecule has 3 aromatic carbocycles. The Morgan fingerprint density at radius 2 is 1.90 bits per heavy atom. The highest BCUT2D eigenvalue weighted by molar-refractivity contribution is 6.02. The predicted molar refractivity (Wildman–Crippen MR) is 155 cm³/mol. The molecule has 4 N–H and O–H groups in total. The number of rotatable bonds is 8. The Hall–Kier alpha value is -5.52. The summed E-state index contributed by atoms with van der Waals surface area (Å²) in [4.78, 5) is 44.5. The third kappa shape index (κ3) is 5.82. The Morgan fingerprint density at radius 3 is 2.76 bits per heavy atom. The maximum Gasteiger partial charge on any atom is 0.291 e. The van der Waals surface area contributed by atoms with Crippen LogP contribution >= 0.6 is 0 Å². The standard InChI is InChI=1S/C30H28N8O4/c1-38-24-13-19(8-12-27(39)32-21-9-10-22-20(15-21)16-31-35-22)7-11-25(24)42-17-23(30(38)41)33-29(40)28-34-26(36-37-28)14-18-5-3-2-4-6-18/h2-7,9-11,13,15-16,23H,8,12,14,17H2,1H3,(H,31,35)(H,32,39)(H,33,40)(H,34,36,37). The van der Waals surface area contributed by atoms with E-state index in [1.54, 1.807) is 19.3 Å². The molecule has 0 aliphatic carbocycles. The number of hydrogen-bond acceptors (Lipinski definition) is 7. The number of aryl methyl sites for hydroxylation is 1. The molecular weight excluding hydrogens is 536 g/mol. The highest BCUT2D eigenvalue weighted by Gasteiger charge is 2.31. The monoisotopic (exact) mass is 564 g/mol. The SMILES string of the molecule is CN1C(=O)C(NC(=O)c2n[nH]c(Cc3ccccc3)n2)COc2ccc(CCC(=O)Nc3ccc4[nH]ncc4c3)cc21. The smallest absolute Gasteiger partial charge is 0.291 e. The number of carbonyl (C=O) groups excluding carboxylic acids is 3. The molecule has 3 amide bonds. The summed E-state index contributed by atoms with van der Waals surface area (Å²) in [6.45, 7) is -0.0496. The molecule has 6 rings (SSSR count).